The van der Waals surface area contributed by atoms with E-state index >= 15 is 0 Å². The van der Waals surface area contributed by atoms with Gasteiger partial charge < -0.3 is 9.67 Å². The Bertz CT molecular complexity index is 477. The van der Waals surface area contributed by atoms with E-state index in [2.05, 4.69) is 15.6 Å². The summed E-state index contributed by atoms with van der Waals surface area (Å²) in [6.07, 6.45) is 4.73. The molecule has 78 valence electrons. The van der Waals surface area contributed by atoms with Gasteiger partial charge in [-0.1, -0.05) is 12.1 Å². The maximum Gasteiger partial charge on any atom is 0.0961 e. The van der Waals surface area contributed by atoms with Crippen molar-refractivity contribution in [3.8, 4) is 0 Å². The zero-order valence-corrected chi connectivity index (χ0v) is 8.50. The van der Waals surface area contributed by atoms with Crippen molar-refractivity contribution < 1.29 is 5.11 Å². The fourth-order valence-corrected chi connectivity index (χ4v) is 2.49. The molecule has 2 atom stereocenters. The van der Waals surface area contributed by atoms with E-state index < -0.39 is 0 Å². The Kier molecular flexibility index (Phi) is 1.99. The van der Waals surface area contributed by atoms with Crippen LogP contribution >= 0.6 is 0 Å². The molecule has 3 nitrogen and oxygen atoms in total. The molecule has 1 saturated carbocycles. The fraction of sp³-hybridized carbons (Fsp3) is 0.417. The highest BCUT2D eigenvalue weighted by Gasteiger charge is 2.27. The molecule has 1 heterocycles. The number of imidazole rings is 1. The Morgan fingerprint density at radius 1 is 1.27 bits per heavy atom. The number of nitrogens with zero attached hydrogens (tertiary/aromatic N) is 2. The minimum atomic E-state index is -0.206. The highest BCUT2D eigenvalue weighted by molar-refractivity contribution is 5.75. The third-order valence-electron chi connectivity index (χ3n) is 3.28. The first-order valence-electron chi connectivity index (χ1n) is 5.46. The van der Waals surface area contributed by atoms with E-state index in [0.29, 0.717) is 0 Å². The number of aliphatic hydroxyl groups is 1. The van der Waals surface area contributed by atoms with Gasteiger partial charge >= 0.3 is 0 Å². The first-order chi connectivity index (χ1) is 7.36. The van der Waals surface area contributed by atoms with Crippen LogP contribution in [-0.2, 0) is 0 Å². The van der Waals surface area contributed by atoms with Gasteiger partial charge in [0.15, 0.2) is 0 Å². The molecule has 0 saturated heterocycles. The summed E-state index contributed by atoms with van der Waals surface area (Å²) in [5.41, 5.74) is 2.14. The Morgan fingerprint density at radius 2 is 2.13 bits per heavy atom. The topological polar surface area (TPSA) is 38.0 Å². The van der Waals surface area contributed by atoms with Gasteiger partial charge in [0, 0.05) is 0 Å². The summed E-state index contributed by atoms with van der Waals surface area (Å²) in [6, 6.07) is 8.30. The lowest BCUT2D eigenvalue weighted by atomic mass is 10.2. The SMILES string of the molecule is OC1CCCC1n1cnc2ccccc21. The molecule has 1 aliphatic carbocycles. The Hall–Kier alpha value is -1.35. The van der Waals surface area contributed by atoms with Crippen LogP contribution < -0.4 is 0 Å². The summed E-state index contributed by atoms with van der Waals surface area (Å²) in [5, 5.41) is 9.87. The van der Waals surface area contributed by atoms with Crippen LogP contribution in [0.4, 0.5) is 0 Å². The van der Waals surface area contributed by atoms with Gasteiger partial charge in [0.2, 0.25) is 0 Å². The van der Waals surface area contributed by atoms with Gasteiger partial charge in [-0.15, -0.1) is 0 Å². The molecule has 0 bridgehead atoms. The van der Waals surface area contributed by atoms with E-state index in [-0.39, 0.29) is 12.1 Å². The van der Waals surface area contributed by atoms with Crippen molar-refractivity contribution in [2.24, 2.45) is 0 Å². The molecule has 0 amide bonds. The van der Waals surface area contributed by atoms with Crippen molar-refractivity contribution in [3.05, 3.63) is 30.6 Å². The summed E-state index contributed by atoms with van der Waals surface area (Å²) in [4.78, 5) is 4.35. The second-order valence-corrected chi connectivity index (χ2v) is 4.21. The van der Waals surface area contributed by atoms with Gasteiger partial charge in [0.1, 0.15) is 0 Å². The molecule has 1 fully saturated rings. The summed E-state index contributed by atoms with van der Waals surface area (Å²) in [6.45, 7) is 0. The van der Waals surface area contributed by atoms with Crippen LogP contribution in [0.3, 0.4) is 0 Å². The van der Waals surface area contributed by atoms with E-state index in [1.54, 1.807) is 0 Å². The first kappa shape index (κ1) is 8.92. The van der Waals surface area contributed by atoms with Crippen LogP contribution in [0.15, 0.2) is 30.6 Å². The number of aromatic nitrogens is 2. The normalized spacial score (nSPS) is 26.2. The molecule has 2 aromatic rings. The number of aliphatic hydroxyl groups excluding tert-OH is 1. The third-order valence-corrected chi connectivity index (χ3v) is 3.28. The molecule has 1 aromatic heterocycles. The number of fused-ring (bicyclic) bond motifs is 1. The Balaban J connectivity index is 2.10. The highest BCUT2D eigenvalue weighted by Crippen LogP contribution is 2.32. The van der Waals surface area contributed by atoms with Gasteiger partial charge in [0.05, 0.1) is 29.5 Å². The van der Waals surface area contributed by atoms with Crippen LogP contribution in [-0.4, -0.2) is 20.8 Å². The van der Waals surface area contributed by atoms with E-state index in [4.69, 9.17) is 0 Å². The molecule has 0 radical (unpaired) electrons. The number of benzene rings is 1. The number of hydrogen-bond donors (Lipinski definition) is 1. The lowest BCUT2D eigenvalue weighted by molar-refractivity contribution is 0.138. The Morgan fingerprint density at radius 3 is 2.93 bits per heavy atom. The van der Waals surface area contributed by atoms with Crippen LogP contribution in [0.2, 0.25) is 0 Å². The van der Waals surface area contributed by atoms with E-state index in [9.17, 15) is 5.11 Å². The first-order valence-corrected chi connectivity index (χ1v) is 5.46. The van der Waals surface area contributed by atoms with E-state index in [1.807, 2.05) is 24.5 Å². The number of rotatable bonds is 1. The quantitative estimate of drug-likeness (QED) is 0.769. The average Bonchev–Trinajstić information content (AvgIpc) is 2.83. The molecule has 3 rings (SSSR count). The van der Waals surface area contributed by atoms with Crippen molar-refractivity contribution in [2.45, 2.75) is 31.4 Å². The largest absolute Gasteiger partial charge is 0.391 e. The van der Waals surface area contributed by atoms with Crippen LogP contribution in [0.1, 0.15) is 25.3 Å². The molecular formula is C12H14N2O. The van der Waals surface area contributed by atoms with Crippen molar-refractivity contribution in [1.82, 2.24) is 9.55 Å². The van der Waals surface area contributed by atoms with E-state index in [1.165, 1.54) is 0 Å². The minimum Gasteiger partial charge on any atom is -0.391 e. The second kappa shape index (κ2) is 3.35. The zero-order valence-electron chi connectivity index (χ0n) is 8.50. The minimum absolute atomic E-state index is 0.206. The Labute approximate surface area is 88.4 Å². The van der Waals surface area contributed by atoms with Crippen LogP contribution in [0.25, 0.3) is 11.0 Å². The average molecular weight is 202 g/mol. The lowest BCUT2D eigenvalue weighted by Crippen LogP contribution is -2.17. The van der Waals surface area contributed by atoms with E-state index in [0.717, 1.165) is 30.3 Å². The van der Waals surface area contributed by atoms with Crippen LogP contribution in [0, 0.1) is 0 Å². The lowest BCUT2D eigenvalue weighted by Gasteiger charge is -2.16. The third kappa shape index (κ3) is 1.35. The molecule has 2 unspecified atom stereocenters. The number of para-hydroxylation sites is 2. The van der Waals surface area contributed by atoms with Crippen molar-refractivity contribution in [1.29, 1.82) is 0 Å². The van der Waals surface area contributed by atoms with Gasteiger partial charge in [-0.05, 0) is 31.4 Å². The van der Waals surface area contributed by atoms with Gasteiger partial charge in [-0.25, -0.2) is 4.98 Å². The summed E-state index contributed by atoms with van der Waals surface area (Å²) >= 11 is 0. The molecule has 0 aliphatic heterocycles. The molecular weight excluding hydrogens is 188 g/mol. The van der Waals surface area contributed by atoms with Gasteiger partial charge in [0.25, 0.3) is 0 Å². The monoisotopic (exact) mass is 202 g/mol. The predicted molar refractivity (Wildman–Crippen MR) is 58.6 cm³/mol. The molecule has 15 heavy (non-hydrogen) atoms. The van der Waals surface area contributed by atoms with Gasteiger partial charge in [-0.3, -0.25) is 0 Å². The molecule has 1 N–H and O–H groups in total. The maximum atomic E-state index is 9.87. The molecule has 1 aromatic carbocycles. The molecule has 3 heteroatoms. The summed E-state index contributed by atoms with van der Waals surface area (Å²) in [5.74, 6) is 0. The van der Waals surface area contributed by atoms with Crippen molar-refractivity contribution >= 4 is 11.0 Å². The van der Waals surface area contributed by atoms with Crippen molar-refractivity contribution in [2.75, 3.05) is 0 Å². The molecule has 1 aliphatic rings. The summed E-state index contributed by atoms with van der Waals surface area (Å²) in [7, 11) is 0. The second-order valence-electron chi connectivity index (χ2n) is 4.21. The summed E-state index contributed by atoms with van der Waals surface area (Å²) < 4.78 is 2.12. The number of hydrogen-bond acceptors (Lipinski definition) is 2. The predicted octanol–water partition coefficient (Wildman–Crippen LogP) is 2.12. The highest BCUT2D eigenvalue weighted by atomic mass is 16.3. The zero-order chi connectivity index (χ0) is 10.3. The van der Waals surface area contributed by atoms with Crippen LogP contribution in [0.5, 0.6) is 0 Å². The van der Waals surface area contributed by atoms with Gasteiger partial charge in [-0.2, -0.15) is 0 Å². The standard InChI is InChI=1S/C12H14N2O/c15-12-7-3-6-11(12)14-8-13-9-4-1-2-5-10(9)14/h1-2,4-5,8,11-12,15H,3,6-7H2. The van der Waals surface area contributed by atoms with Crippen molar-refractivity contribution in [3.63, 3.8) is 0 Å². The maximum absolute atomic E-state index is 9.87. The fourth-order valence-electron chi connectivity index (χ4n) is 2.49. The molecule has 0 spiro atoms. The smallest absolute Gasteiger partial charge is 0.0961 e.